The zero-order valence-corrected chi connectivity index (χ0v) is 21.6. The molecule has 1 aliphatic heterocycles. The maximum absolute atomic E-state index is 13.3. The van der Waals surface area contributed by atoms with Crippen LogP contribution in [0.4, 0.5) is 5.00 Å². The number of nitrogens with zero attached hydrogens (tertiary/aromatic N) is 2. The minimum Gasteiger partial charge on any atom is -0.451 e. The first-order valence-electron chi connectivity index (χ1n) is 12.3. The Labute approximate surface area is 222 Å². The van der Waals surface area contributed by atoms with Gasteiger partial charge in [-0.2, -0.15) is 0 Å². The number of fused-ring (bicyclic) bond motifs is 3. The number of aromatic nitrogens is 1. The third-order valence-electron chi connectivity index (χ3n) is 6.77. The number of thiophene rings is 1. The molecule has 0 fully saturated rings. The minimum absolute atomic E-state index is 0.238. The highest BCUT2D eigenvalue weighted by Crippen LogP contribution is 2.46. The summed E-state index contributed by atoms with van der Waals surface area (Å²) in [6.45, 7) is 2.73. The summed E-state index contributed by atoms with van der Waals surface area (Å²) in [6, 6.07) is 28.3. The Hall–Kier alpha value is -3.78. The third-order valence-corrected chi connectivity index (χ3v) is 8.96. The molecule has 3 aromatic carbocycles. The van der Waals surface area contributed by atoms with Gasteiger partial charge in [0.1, 0.15) is 15.6 Å². The summed E-state index contributed by atoms with van der Waals surface area (Å²) in [5.74, 6) is 0.0758. The Morgan fingerprint density at radius 1 is 0.973 bits per heavy atom. The highest BCUT2D eigenvalue weighted by atomic mass is 32.1. The van der Waals surface area contributed by atoms with E-state index in [1.165, 1.54) is 16.0 Å². The zero-order valence-electron chi connectivity index (χ0n) is 19.9. The van der Waals surface area contributed by atoms with Crippen molar-refractivity contribution in [3.8, 4) is 10.6 Å². The lowest BCUT2D eigenvalue weighted by molar-refractivity contribution is 0.0999. The van der Waals surface area contributed by atoms with E-state index >= 15 is 0 Å². The van der Waals surface area contributed by atoms with E-state index in [0.29, 0.717) is 11.3 Å². The Morgan fingerprint density at radius 2 is 1.78 bits per heavy atom. The van der Waals surface area contributed by atoms with Crippen LogP contribution in [0.25, 0.3) is 31.8 Å². The quantitative estimate of drug-likeness (QED) is 0.254. The molecule has 6 aromatic rings. The van der Waals surface area contributed by atoms with Gasteiger partial charge in [-0.25, -0.2) is 4.98 Å². The van der Waals surface area contributed by atoms with Crippen LogP contribution < -0.4 is 5.32 Å². The van der Waals surface area contributed by atoms with Gasteiger partial charge >= 0.3 is 0 Å². The van der Waals surface area contributed by atoms with Crippen LogP contribution in [0, 0.1) is 0 Å². The predicted molar refractivity (Wildman–Crippen MR) is 151 cm³/mol. The molecule has 1 amide bonds. The molecule has 0 spiro atoms. The van der Waals surface area contributed by atoms with Crippen LogP contribution in [-0.2, 0) is 19.5 Å². The standard InChI is InChI=1S/C30H23N3O2S2/c34-28(24-16-20-10-4-6-12-23(20)35-24)32-30-27(29-31-22-11-5-7-13-25(22)36-29)21-14-15-33(18-26(21)37-30)17-19-8-2-1-3-9-19/h1-13,16H,14-15,17-18H2,(H,32,34). The lowest BCUT2D eigenvalue weighted by atomic mass is 10.0. The second-order valence-corrected chi connectivity index (χ2v) is 11.4. The van der Waals surface area contributed by atoms with Crippen LogP contribution in [0.5, 0.6) is 0 Å². The van der Waals surface area contributed by atoms with E-state index in [2.05, 4.69) is 46.6 Å². The second kappa shape index (κ2) is 9.27. The van der Waals surface area contributed by atoms with Crippen molar-refractivity contribution in [3.63, 3.8) is 0 Å². The van der Waals surface area contributed by atoms with Gasteiger partial charge in [0.05, 0.1) is 10.2 Å². The van der Waals surface area contributed by atoms with Crippen molar-refractivity contribution < 1.29 is 9.21 Å². The number of hydrogen-bond donors (Lipinski definition) is 1. The van der Waals surface area contributed by atoms with Crippen molar-refractivity contribution in [3.05, 3.63) is 107 Å². The van der Waals surface area contributed by atoms with Crippen molar-refractivity contribution in [2.45, 2.75) is 19.5 Å². The highest BCUT2D eigenvalue weighted by molar-refractivity contribution is 7.23. The number of furan rings is 1. The molecule has 0 radical (unpaired) electrons. The first-order chi connectivity index (χ1) is 18.2. The number of hydrogen-bond acceptors (Lipinski definition) is 6. The van der Waals surface area contributed by atoms with E-state index in [4.69, 9.17) is 9.40 Å². The van der Waals surface area contributed by atoms with Crippen LogP contribution in [-0.4, -0.2) is 22.3 Å². The van der Waals surface area contributed by atoms with E-state index in [1.54, 1.807) is 28.7 Å². The summed E-state index contributed by atoms with van der Waals surface area (Å²) in [5.41, 5.74) is 5.37. The van der Waals surface area contributed by atoms with Gasteiger partial charge in [-0.15, -0.1) is 22.7 Å². The fourth-order valence-electron chi connectivity index (χ4n) is 4.98. The summed E-state index contributed by atoms with van der Waals surface area (Å²) >= 11 is 3.34. The van der Waals surface area contributed by atoms with Crippen LogP contribution in [0.2, 0.25) is 0 Å². The van der Waals surface area contributed by atoms with Gasteiger partial charge in [-0.05, 0) is 41.8 Å². The number of carbonyl (C=O) groups excluding carboxylic acids is 1. The van der Waals surface area contributed by atoms with Gasteiger partial charge in [0.2, 0.25) is 0 Å². The smallest absolute Gasteiger partial charge is 0.292 e. The van der Waals surface area contributed by atoms with Gasteiger partial charge in [-0.3, -0.25) is 9.69 Å². The van der Waals surface area contributed by atoms with Crippen molar-refractivity contribution in [2.75, 3.05) is 11.9 Å². The topological polar surface area (TPSA) is 58.4 Å². The van der Waals surface area contributed by atoms with Crippen LogP contribution >= 0.6 is 22.7 Å². The van der Waals surface area contributed by atoms with Crippen molar-refractivity contribution in [2.24, 2.45) is 0 Å². The second-order valence-electron chi connectivity index (χ2n) is 9.24. The fraction of sp³-hybridized carbons (Fsp3) is 0.133. The number of thiazole rings is 1. The molecule has 1 aliphatic rings. The molecular formula is C30H23N3O2S2. The molecule has 0 unspecified atom stereocenters. The molecule has 0 saturated carbocycles. The molecule has 5 nitrogen and oxygen atoms in total. The lowest BCUT2D eigenvalue weighted by Crippen LogP contribution is -2.29. The molecule has 3 aromatic heterocycles. The van der Waals surface area contributed by atoms with Crippen LogP contribution in [0.1, 0.15) is 26.6 Å². The SMILES string of the molecule is O=C(Nc1sc2c(c1-c1nc3ccccc3s1)CCN(Cc1ccccc1)C2)c1cc2ccccc2o1. The Morgan fingerprint density at radius 3 is 2.65 bits per heavy atom. The molecule has 37 heavy (non-hydrogen) atoms. The van der Waals surface area contributed by atoms with Crippen LogP contribution in [0.3, 0.4) is 0 Å². The average molecular weight is 522 g/mol. The summed E-state index contributed by atoms with van der Waals surface area (Å²) in [6.07, 6.45) is 0.921. The lowest BCUT2D eigenvalue weighted by Gasteiger charge is -2.27. The first-order valence-corrected chi connectivity index (χ1v) is 13.9. The maximum Gasteiger partial charge on any atom is 0.292 e. The third kappa shape index (κ3) is 4.25. The van der Waals surface area contributed by atoms with Gasteiger partial charge in [-0.1, -0.05) is 60.7 Å². The van der Waals surface area contributed by atoms with Crippen molar-refractivity contribution in [1.82, 2.24) is 9.88 Å². The van der Waals surface area contributed by atoms with E-state index in [0.717, 1.165) is 57.2 Å². The number of nitrogens with one attached hydrogen (secondary N) is 1. The number of amides is 1. The van der Waals surface area contributed by atoms with Gasteiger partial charge in [0.25, 0.3) is 5.91 Å². The summed E-state index contributed by atoms with van der Waals surface area (Å²) in [5, 5.41) is 5.90. The van der Waals surface area contributed by atoms with E-state index in [9.17, 15) is 4.79 Å². The number of carbonyl (C=O) groups is 1. The number of anilines is 1. The largest absolute Gasteiger partial charge is 0.451 e. The molecular weight excluding hydrogens is 498 g/mol. The summed E-state index contributed by atoms with van der Waals surface area (Å²) in [7, 11) is 0. The molecule has 0 saturated heterocycles. The summed E-state index contributed by atoms with van der Waals surface area (Å²) in [4.78, 5) is 22.1. The van der Waals surface area contributed by atoms with E-state index in [-0.39, 0.29) is 5.91 Å². The normalized spacial score (nSPS) is 13.7. The average Bonchev–Trinajstić information content (AvgIpc) is 3.63. The first kappa shape index (κ1) is 22.4. The molecule has 0 atom stereocenters. The molecule has 0 aliphatic carbocycles. The van der Waals surface area contributed by atoms with Gasteiger partial charge in [0, 0.05) is 35.5 Å². The molecule has 0 bridgehead atoms. The fourth-order valence-corrected chi connectivity index (χ4v) is 7.38. The van der Waals surface area contributed by atoms with Gasteiger partial charge < -0.3 is 9.73 Å². The molecule has 7 rings (SSSR count). The molecule has 7 heteroatoms. The Balaban J connectivity index is 1.26. The zero-order chi connectivity index (χ0) is 24.8. The highest BCUT2D eigenvalue weighted by Gasteiger charge is 2.28. The van der Waals surface area contributed by atoms with Crippen molar-refractivity contribution in [1.29, 1.82) is 0 Å². The maximum atomic E-state index is 13.3. The number of rotatable bonds is 5. The Bertz CT molecular complexity index is 1680. The van der Waals surface area contributed by atoms with E-state index in [1.807, 2.05) is 42.5 Å². The Kier molecular flexibility index (Phi) is 5.61. The van der Waals surface area contributed by atoms with Gasteiger partial charge in [0.15, 0.2) is 5.76 Å². The van der Waals surface area contributed by atoms with E-state index < -0.39 is 0 Å². The molecule has 1 N–H and O–H groups in total. The molecule has 182 valence electrons. The minimum atomic E-state index is -0.238. The van der Waals surface area contributed by atoms with Crippen molar-refractivity contribution >= 4 is 54.8 Å². The summed E-state index contributed by atoms with van der Waals surface area (Å²) < 4.78 is 7.00. The number of para-hydroxylation sites is 2. The molecule has 4 heterocycles. The monoisotopic (exact) mass is 521 g/mol. The number of benzene rings is 3. The predicted octanol–water partition coefficient (Wildman–Crippen LogP) is 7.58. The van der Waals surface area contributed by atoms with Crippen LogP contribution in [0.15, 0.2) is 89.3 Å².